The number of aromatic nitrogens is 1. The molecule has 0 fully saturated rings. The normalized spacial score (nSPS) is 12.0. The number of nitrogens with zero attached hydrogens (tertiary/aromatic N) is 1. The Morgan fingerprint density at radius 1 is 0.286 bits per heavy atom. The highest BCUT2D eigenvalue weighted by Crippen LogP contribution is 2.47. The van der Waals surface area contributed by atoms with Crippen LogP contribution in [0.4, 0.5) is 0 Å². The number of hydrogen-bond donors (Lipinski definition) is 0. The SMILES string of the molecule is Cc1ccc(-c2c3ccccc3c(-c3cc(-c4ccc5ccc6c(-c7ccc(C)cc7)ccc7ccc4c5c76)cc(-n4c5ccccc5c5ccccc54)c3)c3ccccc23)cc1. The predicted molar refractivity (Wildman–Crippen MR) is 271 cm³/mol. The first-order valence-electron chi connectivity index (χ1n) is 22.0. The Hall–Kier alpha value is -8.00. The average Bonchev–Trinajstić information content (AvgIpc) is 3.67. The summed E-state index contributed by atoms with van der Waals surface area (Å²) in [6.45, 7) is 4.32. The first-order chi connectivity index (χ1) is 31.1. The Kier molecular flexibility index (Phi) is 7.80. The second-order valence-corrected chi connectivity index (χ2v) is 17.4. The number of fused-ring (bicyclic) bond motifs is 5. The van der Waals surface area contributed by atoms with Crippen molar-refractivity contribution >= 4 is 75.7 Å². The zero-order chi connectivity index (χ0) is 41.8. The van der Waals surface area contributed by atoms with Crippen molar-refractivity contribution in [3.63, 3.8) is 0 Å². The molecule has 0 unspecified atom stereocenters. The van der Waals surface area contributed by atoms with Gasteiger partial charge in [-0.2, -0.15) is 0 Å². The molecule has 12 aromatic carbocycles. The summed E-state index contributed by atoms with van der Waals surface area (Å²) in [6, 6.07) is 79.7. The molecule has 0 radical (unpaired) electrons. The van der Waals surface area contributed by atoms with E-state index in [0.29, 0.717) is 0 Å². The van der Waals surface area contributed by atoms with E-state index in [0.717, 1.165) is 5.69 Å². The van der Waals surface area contributed by atoms with Gasteiger partial charge in [0.2, 0.25) is 0 Å². The summed E-state index contributed by atoms with van der Waals surface area (Å²) in [4.78, 5) is 0. The summed E-state index contributed by atoms with van der Waals surface area (Å²) < 4.78 is 2.48. The van der Waals surface area contributed by atoms with Crippen LogP contribution in [0.5, 0.6) is 0 Å². The van der Waals surface area contributed by atoms with E-state index in [2.05, 4.69) is 231 Å². The van der Waals surface area contributed by atoms with E-state index >= 15 is 0 Å². The quantitative estimate of drug-likeness (QED) is 0.121. The van der Waals surface area contributed by atoms with E-state index in [1.165, 1.54) is 131 Å². The van der Waals surface area contributed by atoms with Crippen LogP contribution in [0, 0.1) is 13.8 Å². The van der Waals surface area contributed by atoms with Gasteiger partial charge in [-0.05, 0) is 143 Å². The molecule has 0 spiro atoms. The van der Waals surface area contributed by atoms with E-state index in [9.17, 15) is 0 Å². The maximum absolute atomic E-state index is 2.48. The maximum atomic E-state index is 2.48. The van der Waals surface area contributed by atoms with E-state index < -0.39 is 0 Å². The fourth-order valence-corrected chi connectivity index (χ4v) is 10.7. The number of aryl methyl sites for hydroxylation is 2. The van der Waals surface area contributed by atoms with Gasteiger partial charge in [0, 0.05) is 16.5 Å². The molecule has 0 aliphatic rings. The minimum absolute atomic E-state index is 1.14. The van der Waals surface area contributed by atoms with Gasteiger partial charge in [-0.1, -0.05) is 193 Å². The van der Waals surface area contributed by atoms with Gasteiger partial charge in [-0.3, -0.25) is 0 Å². The molecule has 1 aromatic heterocycles. The zero-order valence-corrected chi connectivity index (χ0v) is 35.2. The number of para-hydroxylation sites is 2. The topological polar surface area (TPSA) is 4.93 Å². The van der Waals surface area contributed by atoms with Crippen LogP contribution < -0.4 is 0 Å². The molecule has 63 heavy (non-hydrogen) atoms. The lowest BCUT2D eigenvalue weighted by atomic mass is 9.84. The Bertz CT molecular complexity index is 3850. The van der Waals surface area contributed by atoms with Gasteiger partial charge in [-0.15, -0.1) is 0 Å². The summed E-state index contributed by atoms with van der Waals surface area (Å²) in [7, 11) is 0. The van der Waals surface area contributed by atoms with Gasteiger partial charge in [0.05, 0.1) is 11.0 Å². The standard InChI is InChI=1S/C62H41N/c1-38-19-23-40(24-20-38)47-31-27-42-30-34-56-48(32-28-43-29-33-55(47)61(42)62(43)56)44-35-45(37-46(36-44)63-57-17-9-7-11-49(57)50-12-8-10-18-58(50)63)60-53-15-5-3-13-51(53)59(41-25-21-39(2)22-26-41)52-14-4-6-16-54(52)60/h3-37H,1-2H3. The third-order valence-corrected chi connectivity index (χ3v) is 13.7. The van der Waals surface area contributed by atoms with Crippen LogP contribution in [0.15, 0.2) is 212 Å². The Morgan fingerprint density at radius 3 is 1.19 bits per heavy atom. The third-order valence-electron chi connectivity index (χ3n) is 13.7. The van der Waals surface area contributed by atoms with Crippen molar-refractivity contribution in [3.8, 4) is 50.2 Å². The van der Waals surface area contributed by atoms with Crippen molar-refractivity contribution in [1.29, 1.82) is 0 Å². The minimum atomic E-state index is 1.14. The Labute approximate surface area is 366 Å². The highest BCUT2D eigenvalue weighted by atomic mass is 15.0. The lowest BCUT2D eigenvalue weighted by Gasteiger charge is -2.20. The fraction of sp³-hybridized carbons (Fsp3) is 0.0323. The molecule has 1 nitrogen and oxygen atoms in total. The highest BCUT2D eigenvalue weighted by Gasteiger charge is 2.21. The predicted octanol–water partition coefficient (Wildman–Crippen LogP) is 17.3. The van der Waals surface area contributed by atoms with Gasteiger partial charge < -0.3 is 4.57 Å². The van der Waals surface area contributed by atoms with Crippen molar-refractivity contribution in [1.82, 2.24) is 4.57 Å². The van der Waals surface area contributed by atoms with Crippen LogP contribution in [-0.4, -0.2) is 4.57 Å². The minimum Gasteiger partial charge on any atom is -0.309 e. The average molecular weight is 800 g/mol. The molecule has 13 aromatic rings. The lowest BCUT2D eigenvalue weighted by Crippen LogP contribution is -1.97. The molecule has 1 heterocycles. The first kappa shape index (κ1) is 35.7. The summed E-state index contributed by atoms with van der Waals surface area (Å²) >= 11 is 0. The molecular weight excluding hydrogens is 759 g/mol. The zero-order valence-electron chi connectivity index (χ0n) is 35.2. The number of rotatable bonds is 5. The van der Waals surface area contributed by atoms with Crippen LogP contribution in [0.2, 0.25) is 0 Å². The summed E-state index contributed by atoms with van der Waals surface area (Å²) in [6.07, 6.45) is 0. The van der Waals surface area contributed by atoms with Crippen LogP contribution in [0.25, 0.3) is 126 Å². The number of hydrogen-bond acceptors (Lipinski definition) is 0. The maximum Gasteiger partial charge on any atom is 0.0541 e. The summed E-state index contributed by atoms with van der Waals surface area (Å²) in [5, 5.41) is 15.2. The largest absolute Gasteiger partial charge is 0.309 e. The van der Waals surface area contributed by atoms with E-state index in [1.807, 2.05) is 0 Å². The van der Waals surface area contributed by atoms with Crippen LogP contribution in [0.1, 0.15) is 11.1 Å². The molecule has 0 saturated heterocycles. The molecular formula is C62H41N. The van der Waals surface area contributed by atoms with Crippen LogP contribution in [-0.2, 0) is 0 Å². The molecule has 294 valence electrons. The fourth-order valence-electron chi connectivity index (χ4n) is 10.7. The summed E-state index contributed by atoms with van der Waals surface area (Å²) in [5.41, 5.74) is 16.0. The van der Waals surface area contributed by atoms with Gasteiger partial charge in [0.25, 0.3) is 0 Å². The van der Waals surface area contributed by atoms with Crippen molar-refractivity contribution in [3.05, 3.63) is 223 Å². The second-order valence-electron chi connectivity index (χ2n) is 17.4. The summed E-state index contributed by atoms with van der Waals surface area (Å²) in [5.74, 6) is 0. The van der Waals surface area contributed by atoms with E-state index in [-0.39, 0.29) is 0 Å². The lowest BCUT2D eigenvalue weighted by molar-refractivity contribution is 1.18. The van der Waals surface area contributed by atoms with Gasteiger partial charge in [0.15, 0.2) is 0 Å². The van der Waals surface area contributed by atoms with Crippen LogP contribution >= 0.6 is 0 Å². The van der Waals surface area contributed by atoms with Crippen molar-refractivity contribution in [2.75, 3.05) is 0 Å². The molecule has 0 aliphatic heterocycles. The smallest absolute Gasteiger partial charge is 0.0541 e. The van der Waals surface area contributed by atoms with Crippen molar-refractivity contribution < 1.29 is 0 Å². The van der Waals surface area contributed by atoms with Gasteiger partial charge >= 0.3 is 0 Å². The molecule has 0 amide bonds. The third kappa shape index (κ3) is 5.43. The monoisotopic (exact) mass is 799 g/mol. The molecule has 0 bridgehead atoms. The first-order valence-corrected chi connectivity index (χ1v) is 22.0. The van der Waals surface area contributed by atoms with Gasteiger partial charge in [-0.25, -0.2) is 0 Å². The van der Waals surface area contributed by atoms with Gasteiger partial charge in [0.1, 0.15) is 0 Å². The molecule has 0 aliphatic carbocycles. The van der Waals surface area contributed by atoms with Crippen molar-refractivity contribution in [2.24, 2.45) is 0 Å². The molecule has 13 rings (SSSR count). The van der Waals surface area contributed by atoms with Crippen LogP contribution in [0.3, 0.4) is 0 Å². The number of benzene rings is 12. The van der Waals surface area contributed by atoms with Crippen molar-refractivity contribution in [2.45, 2.75) is 13.8 Å². The highest BCUT2D eigenvalue weighted by molar-refractivity contribution is 6.28. The Balaban J connectivity index is 1.14. The molecule has 0 saturated carbocycles. The van der Waals surface area contributed by atoms with E-state index in [4.69, 9.17) is 0 Å². The Morgan fingerprint density at radius 2 is 0.683 bits per heavy atom. The molecule has 1 heteroatoms. The molecule has 0 N–H and O–H groups in total. The molecule has 0 atom stereocenters. The van der Waals surface area contributed by atoms with E-state index in [1.54, 1.807) is 0 Å². The second kappa shape index (κ2) is 13.8.